The molecular formula is CH4KNO3. The summed E-state index contributed by atoms with van der Waals surface area (Å²) in [6.45, 7) is 0. The average Bonchev–Trinajstić information content (AvgIpc) is 0.811. The van der Waals surface area contributed by atoms with Gasteiger partial charge in [-0.3, -0.25) is 0 Å². The molecule has 4 N–H and O–H groups in total. The van der Waals surface area contributed by atoms with Gasteiger partial charge in [-0.25, -0.2) is 4.79 Å². The maximum absolute atomic E-state index is 8.56. The first kappa shape index (κ1) is 15.8. The second kappa shape index (κ2) is 9.29. The summed E-state index contributed by atoms with van der Waals surface area (Å²) in [6.07, 6.45) is -1.83. The molecule has 0 spiro atoms. The number of nitrogens with two attached hydrogens (primary N) is 1. The summed E-state index contributed by atoms with van der Waals surface area (Å²) >= 11 is 0. The van der Waals surface area contributed by atoms with Crippen LogP contribution in [0.25, 0.3) is 6.15 Å². The van der Waals surface area contributed by atoms with Gasteiger partial charge < -0.3 is 16.4 Å². The molecule has 32 valence electrons. The predicted octanol–water partition coefficient (Wildman–Crippen LogP) is -2.06. The first-order chi connectivity index (χ1) is 1.73. The number of hydrogen-bond acceptors (Lipinski definition) is 1. The first-order valence-corrected chi connectivity index (χ1v) is 0.651. The van der Waals surface area contributed by atoms with Crippen molar-refractivity contribution in [2.24, 2.45) is 0 Å². The first-order valence-electron chi connectivity index (χ1n) is 0.651. The summed E-state index contributed by atoms with van der Waals surface area (Å²) in [5.41, 5.74) is 0. The van der Waals surface area contributed by atoms with Gasteiger partial charge in [0.15, 0.2) is 0 Å². The van der Waals surface area contributed by atoms with Crippen molar-refractivity contribution in [3.8, 4) is 0 Å². The third-order valence-corrected chi connectivity index (χ3v) is 0. The maximum Gasteiger partial charge on any atom is 1.00 e. The van der Waals surface area contributed by atoms with Crippen molar-refractivity contribution in [3.05, 3.63) is 6.15 Å². The molecule has 0 saturated heterocycles. The summed E-state index contributed by atoms with van der Waals surface area (Å²) in [7, 11) is 0. The Morgan fingerprint density at radius 3 is 1.33 bits per heavy atom. The Hall–Kier alpha value is 0.866. The Morgan fingerprint density at radius 1 is 1.33 bits per heavy atom. The van der Waals surface area contributed by atoms with Crippen molar-refractivity contribution < 1.29 is 66.4 Å². The van der Waals surface area contributed by atoms with Gasteiger partial charge in [0.05, 0.1) is 0 Å². The van der Waals surface area contributed by atoms with Gasteiger partial charge >= 0.3 is 57.5 Å². The minimum atomic E-state index is -1.83. The molecule has 4 nitrogen and oxygen atoms in total. The van der Waals surface area contributed by atoms with Crippen LogP contribution in [-0.2, 0) is 0 Å². The molecule has 0 aromatic heterocycles. The number of rotatable bonds is 0. The van der Waals surface area contributed by atoms with Crippen molar-refractivity contribution >= 4 is 6.16 Å². The second-order valence-electron chi connectivity index (χ2n) is 0.283. The number of carbonyl (C=O) groups is 1. The molecule has 0 aliphatic heterocycles. The smallest absolute Gasteiger partial charge is 0.693 e. The van der Waals surface area contributed by atoms with Gasteiger partial charge in [0, 0.05) is 0 Å². The van der Waals surface area contributed by atoms with Crippen molar-refractivity contribution in [3.63, 3.8) is 0 Å². The van der Waals surface area contributed by atoms with Gasteiger partial charge in [-0.1, -0.05) is 0 Å². The third-order valence-electron chi connectivity index (χ3n) is 0. The van der Waals surface area contributed by atoms with E-state index in [-0.39, 0.29) is 57.5 Å². The molecule has 0 heterocycles. The SMILES string of the molecule is O=C(O)O.[K+].[NH2-]. The van der Waals surface area contributed by atoms with E-state index >= 15 is 0 Å². The van der Waals surface area contributed by atoms with Crippen LogP contribution in [0.3, 0.4) is 0 Å². The van der Waals surface area contributed by atoms with Crippen LogP contribution in [0, 0.1) is 0 Å². The summed E-state index contributed by atoms with van der Waals surface area (Å²) in [6, 6.07) is 0. The zero-order valence-electron chi connectivity index (χ0n) is 3.38. The molecule has 0 fully saturated rings. The zero-order valence-corrected chi connectivity index (χ0v) is 6.50. The summed E-state index contributed by atoms with van der Waals surface area (Å²) in [5.74, 6) is 0. The molecule has 0 aliphatic rings. The van der Waals surface area contributed by atoms with E-state index in [1.165, 1.54) is 0 Å². The van der Waals surface area contributed by atoms with E-state index in [4.69, 9.17) is 15.0 Å². The van der Waals surface area contributed by atoms with Crippen LogP contribution in [0.4, 0.5) is 4.79 Å². The fourth-order valence-electron chi connectivity index (χ4n) is 0. The standard InChI is InChI=1S/CH2O3.K.H2N/c2-1(3)4;;/h(H2,2,3,4);;1H2/q;+1;-1. The largest absolute Gasteiger partial charge is 1.00 e. The van der Waals surface area contributed by atoms with Crippen LogP contribution in [0.2, 0.25) is 0 Å². The van der Waals surface area contributed by atoms with Gasteiger partial charge in [-0.15, -0.1) is 0 Å². The van der Waals surface area contributed by atoms with E-state index < -0.39 is 6.16 Å². The van der Waals surface area contributed by atoms with Crippen LogP contribution in [0.1, 0.15) is 0 Å². The molecule has 0 rings (SSSR count). The molecule has 0 bridgehead atoms. The van der Waals surface area contributed by atoms with E-state index in [0.29, 0.717) is 0 Å². The van der Waals surface area contributed by atoms with Gasteiger partial charge in [-0.2, -0.15) is 0 Å². The molecule has 0 aliphatic carbocycles. The monoisotopic (exact) mass is 117 g/mol. The quantitative estimate of drug-likeness (QED) is 0.357. The molecule has 0 aromatic rings. The van der Waals surface area contributed by atoms with Gasteiger partial charge in [0.1, 0.15) is 0 Å². The summed E-state index contributed by atoms with van der Waals surface area (Å²) < 4.78 is 0. The van der Waals surface area contributed by atoms with E-state index in [1.807, 2.05) is 0 Å². The van der Waals surface area contributed by atoms with Crippen molar-refractivity contribution in [1.82, 2.24) is 0 Å². The molecule has 0 amide bonds. The zero-order chi connectivity index (χ0) is 3.58. The van der Waals surface area contributed by atoms with Crippen molar-refractivity contribution in [1.29, 1.82) is 0 Å². The molecule has 5 heteroatoms. The van der Waals surface area contributed by atoms with Crippen LogP contribution in [-0.4, -0.2) is 16.4 Å². The van der Waals surface area contributed by atoms with E-state index in [9.17, 15) is 0 Å². The molecule has 0 saturated carbocycles. The van der Waals surface area contributed by atoms with Crippen LogP contribution in [0.15, 0.2) is 0 Å². The maximum atomic E-state index is 8.56. The second-order valence-corrected chi connectivity index (χ2v) is 0.283. The van der Waals surface area contributed by atoms with Gasteiger partial charge in [0.25, 0.3) is 0 Å². The molecule has 6 heavy (non-hydrogen) atoms. The Morgan fingerprint density at radius 2 is 1.33 bits per heavy atom. The van der Waals surface area contributed by atoms with Crippen molar-refractivity contribution in [2.75, 3.05) is 0 Å². The van der Waals surface area contributed by atoms with Crippen molar-refractivity contribution in [2.45, 2.75) is 0 Å². The number of carboxylic acid groups (broad SMARTS) is 2. The Bertz CT molecular complexity index is 33.8. The average molecular weight is 117 g/mol. The predicted molar refractivity (Wildman–Crippen MR) is 15.9 cm³/mol. The fourth-order valence-corrected chi connectivity index (χ4v) is 0. The third kappa shape index (κ3) is 96.9. The summed E-state index contributed by atoms with van der Waals surface area (Å²) in [4.78, 5) is 8.56. The Balaban J connectivity index is -0.0000000450. The fraction of sp³-hybridized carbons (Fsp3) is 0. The van der Waals surface area contributed by atoms with Crippen LogP contribution >= 0.6 is 0 Å². The molecular weight excluding hydrogens is 113 g/mol. The number of hydrogen-bond donors (Lipinski definition) is 2. The molecule has 0 aromatic carbocycles. The van der Waals surface area contributed by atoms with Gasteiger partial charge in [0.2, 0.25) is 0 Å². The summed E-state index contributed by atoms with van der Waals surface area (Å²) in [5, 5.41) is 13.9. The Labute approximate surface area is 77.5 Å². The minimum absolute atomic E-state index is 0. The van der Waals surface area contributed by atoms with Crippen LogP contribution < -0.4 is 51.4 Å². The van der Waals surface area contributed by atoms with Gasteiger partial charge in [-0.05, 0) is 0 Å². The van der Waals surface area contributed by atoms with E-state index in [2.05, 4.69) is 0 Å². The van der Waals surface area contributed by atoms with Crippen LogP contribution in [0.5, 0.6) is 0 Å². The molecule has 0 unspecified atom stereocenters. The Kier molecular flexibility index (Phi) is 24.5. The molecule has 0 radical (unpaired) electrons. The normalized spacial score (nSPS) is 4.00. The molecule has 0 atom stereocenters. The van der Waals surface area contributed by atoms with E-state index in [0.717, 1.165) is 0 Å². The van der Waals surface area contributed by atoms with E-state index in [1.54, 1.807) is 0 Å². The topological polar surface area (TPSA) is 91.0 Å². The minimum Gasteiger partial charge on any atom is -0.693 e.